The van der Waals surface area contributed by atoms with Crippen molar-refractivity contribution in [2.24, 2.45) is 11.7 Å². The molecule has 1 aromatic heterocycles. The molecule has 1 saturated carbocycles. The second-order valence-corrected chi connectivity index (χ2v) is 4.90. The van der Waals surface area contributed by atoms with E-state index in [0.717, 1.165) is 30.6 Å². The zero-order chi connectivity index (χ0) is 12.4. The number of nitrogens with zero attached hydrogens (tertiary/aromatic N) is 1. The Labute approximate surface area is 102 Å². The topological polar surface area (TPSA) is 59.5 Å². The lowest BCUT2D eigenvalue weighted by Gasteiger charge is -2.23. The van der Waals surface area contributed by atoms with Crippen molar-refractivity contribution in [2.75, 3.05) is 7.05 Å². The summed E-state index contributed by atoms with van der Waals surface area (Å²) in [5.41, 5.74) is 7.02. The van der Waals surface area contributed by atoms with Gasteiger partial charge in [-0.1, -0.05) is 6.42 Å². The highest BCUT2D eigenvalue weighted by atomic mass is 16.3. The van der Waals surface area contributed by atoms with Gasteiger partial charge in [-0.15, -0.1) is 0 Å². The number of aryl methyl sites for hydroxylation is 1. The van der Waals surface area contributed by atoms with Crippen molar-refractivity contribution < 1.29 is 9.21 Å². The van der Waals surface area contributed by atoms with Gasteiger partial charge < -0.3 is 15.1 Å². The van der Waals surface area contributed by atoms with Crippen LogP contribution in [0.1, 0.15) is 30.6 Å². The van der Waals surface area contributed by atoms with Crippen molar-refractivity contribution >= 4 is 5.91 Å². The molecule has 4 heteroatoms. The van der Waals surface area contributed by atoms with Crippen LogP contribution in [-0.4, -0.2) is 23.9 Å². The first kappa shape index (κ1) is 12.2. The fourth-order valence-corrected chi connectivity index (χ4v) is 2.49. The molecule has 2 rings (SSSR count). The van der Waals surface area contributed by atoms with Crippen LogP contribution < -0.4 is 5.73 Å². The predicted octanol–water partition coefficient (Wildman–Crippen LogP) is 1.67. The van der Waals surface area contributed by atoms with Crippen molar-refractivity contribution in [1.82, 2.24) is 4.90 Å². The molecule has 17 heavy (non-hydrogen) atoms. The lowest BCUT2D eigenvalue weighted by atomic mass is 10.0. The molecule has 1 aliphatic carbocycles. The van der Waals surface area contributed by atoms with E-state index in [-0.39, 0.29) is 17.9 Å². The van der Waals surface area contributed by atoms with Crippen LogP contribution in [0.15, 0.2) is 16.7 Å². The molecular weight excluding hydrogens is 216 g/mol. The predicted molar refractivity (Wildman–Crippen MR) is 65.2 cm³/mol. The minimum Gasteiger partial charge on any atom is -0.469 e. The molecule has 1 aliphatic rings. The van der Waals surface area contributed by atoms with E-state index < -0.39 is 0 Å². The van der Waals surface area contributed by atoms with Gasteiger partial charge in [0.05, 0.1) is 12.2 Å². The summed E-state index contributed by atoms with van der Waals surface area (Å²) in [6.45, 7) is 2.51. The molecule has 2 N–H and O–H groups in total. The average Bonchev–Trinajstić information content (AvgIpc) is 2.88. The summed E-state index contributed by atoms with van der Waals surface area (Å²) in [5.74, 6) is 1.04. The Hall–Kier alpha value is -1.29. The van der Waals surface area contributed by atoms with Crippen LogP contribution in [0, 0.1) is 12.8 Å². The third-order valence-electron chi connectivity index (χ3n) is 3.64. The quantitative estimate of drug-likeness (QED) is 0.868. The standard InChI is InChI=1S/C13H20N2O2/c1-9-10(6-7-17-9)8-15(2)13(16)11-4-3-5-12(11)14/h6-7,11-12H,3-5,8,14H2,1-2H3. The first-order valence-corrected chi connectivity index (χ1v) is 6.13. The third kappa shape index (κ3) is 2.52. The summed E-state index contributed by atoms with van der Waals surface area (Å²) in [6.07, 6.45) is 4.62. The zero-order valence-corrected chi connectivity index (χ0v) is 10.5. The number of amides is 1. The monoisotopic (exact) mass is 236 g/mol. The summed E-state index contributed by atoms with van der Waals surface area (Å²) in [4.78, 5) is 14.0. The van der Waals surface area contributed by atoms with Crippen LogP contribution in [0.3, 0.4) is 0 Å². The highest BCUT2D eigenvalue weighted by Gasteiger charge is 2.32. The summed E-state index contributed by atoms with van der Waals surface area (Å²) in [5, 5.41) is 0. The molecule has 0 spiro atoms. The van der Waals surface area contributed by atoms with E-state index in [1.54, 1.807) is 11.2 Å². The van der Waals surface area contributed by atoms with Crippen molar-refractivity contribution in [3.05, 3.63) is 23.7 Å². The van der Waals surface area contributed by atoms with Crippen LogP contribution in [0.25, 0.3) is 0 Å². The Morgan fingerprint density at radius 2 is 2.35 bits per heavy atom. The second kappa shape index (κ2) is 4.92. The van der Waals surface area contributed by atoms with Crippen molar-refractivity contribution in [3.8, 4) is 0 Å². The Bertz CT molecular complexity index is 400. The van der Waals surface area contributed by atoms with Gasteiger partial charge in [-0.3, -0.25) is 4.79 Å². The van der Waals surface area contributed by atoms with E-state index in [9.17, 15) is 4.79 Å². The molecule has 0 saturated heterocycles. The maximum Gasteiger partial charge on any atom is 0.227 e. The highest BCUT2D eigenvalue weighted by molar-refractivity contribution is 5.79. The lowest BCUT2D eigenvalue weighted by molar-refractivity contribution is -0.134. The Balaban J connectivity index is 1.98. The van der Waals surface area contributed by atoms with Crippen molar-refractivity contribution in [3.63, 3.8) is 0 Å². The smallest absolute Gasteiger partial charge is 0.227 e. The first-order chi connectivity index (χ1) is 8.09. The van der Waals surface area contributed by atoms with Crippen molar-refractivity contribution in [2.45, 2.75) is 38.8 Å². The van der Waals surface area contributed by atoms with E-state index in [0.29, 0.717) is 6.54 Å². The molecular formula is C13H20N2O2. The number of carbonyl (C=O) groups is 1. The molecule has 2 unspecified atom stereocenters. The van der Waals surface area contributed by atoms with E-state index >= 15 is 0 Å². The maximum atomic E-state index is 12.2. The van der Waals surface area contributed by atoms with E-state index in [4.69, 9.17) is 10.2 Å². The van der Waals surface area contributed by atoms with Crippen molar-refractivity contribution in [1.29, 1.82) is 0 Å². The fraction of sp³-hybridized carbons (Fsp3) is 0.615. The van der Waals surface area contributed by atoms with Gasteiger partial charge in [-0.25, -0.2) is 0 Å². The van der Waals surface area contributed by atoms with Gasteiger partial charge in [-0.2, -0.15) is 0 Å². The Morgan fingerprint density at radius 3 is 2.88 bits per heavy atom. The zero-order valence-electron chi connectivity index (χ0n) is 10.5. The van der Waals surface area contributed by atoms with Gasteiger partial charge in [-0.05, 0) is 25.8 Å². The van der Waals surface area contributed by atoms with E-state index in [1.165, 1.54) is 0 Å². The van der Waals surface area contributed by atoms with Gasteiger partial charge >= 0.3 is 0 Å². The molecule has 0 bridgehead atoms. The number of rotatable bonds is 3. The second-order valence-electron chi connectivity index (χ2n) is 4.90. The van der Waals surface area contributed by atoms with E-state index in [2.05, 4.69) is 0 Å². The van der Waals surface area contributed by atoms with Crippen LogP contribution in [0.2, 0.25) is 0 Å². The fourth-order valence-electron chi connectivity index (χ4n) is 2.49. The highest BCUT2D eigenvalue weighted by Crippen LogP contribution is 2.26. The number of hydrogen-bond donors (Lipinski definition) is 1. The number of hydrogen-bond acceptors (Lipinski definition) is 3. The molecule has 1 aromatic rings. The molecule has 1 fully saturated rings. The first-order valence-electron chi connectivity index (χ1n) is 6.13. The molecule has 4 nitrogen and oxygen atoms in total. The summed E-state index contributed by atoms with van der Waals surface area (Å²) >= 11 is 0. The molecule has 2 atom stereocenters. The van der Waals surface area contributed by atoms with Gasteiger partial charge in [0.2, 0.25) is 5.91 Å². The average molecular weight is 236 g/mol. The minimum atomic E-state index is 0.00667. The molecule has 0 radical (unpaired) electrons. The van der Waals surface area contributed by atoms with Crippen LogP contribution in [-0.2, 0) is 11.3 Å². The summed E-state index contributed by atoms with van der Waals surface area (Å²) in [6, 6.07) is 1.95. The summed E-state index contributed by atoms with van der Waals surface area (Å²) < 4.78 is 5.23. The lowest BCUT2D eigenvalue weighted by Crippen LogP contribution is -2.39. The number of carbonyl (C=O) groups excluding carboxylic acids is 1. The molecule has 1 amide bonds. The Kier molecular flexibility index (Phi) is 3.52. The third-order valence-corrected chi connectivity index (χ3v) is 3.64. The van der Waals surface area contributed by atoms with Gasteiger partial charge in [0.1, 0.15) is 5.76 Å². The number of furan rings is 1. The van der Waals surface area contributed by atoms with Gasteiger partial charge in [0, 0.05) is 25.2 Å². The van der Waals surface area contributed by atoms with E-state index in [1.807, 2.05) is 20.0 Å². The minimum absolute atomic E-state index is 0.00667. The summed E-state index contributed by atoms with van der Waals surface area (Å²) in [7, 11) is 1.83. The van der Waals surface area contributed by atoms with Crippen LogP contribution in [0.4, 0.5) is 0 Å². The number of nitrogens with two attached hydrogens (primary N) is 1. The van der Waals surface area contributed by atoms with Crippen LogP contribution >= 0.6 is 0 Å². The molecule has 0 aromatic carbocycles. The molecule has 1 heterocycles. The molecule has 94 valence electrons. The SMILES string of the molecule is Cc1occc1CN(C)C(=O)C1CCCC1N. The molecule has 0 aliphatic heterocycles. The van der Waals surface area contributed by atoms with Gasteiger partial charge in [0.25, 0.3) is 0 Å². The van der Waals surface area contributed by atoms with Gasteiger partial charge in [0.15, 0.2) is 0 Å². The Morgan fingerprint density at radius 1 is 1.59 bits per heavy atom. The van der Waals surface area contributed by atoms with Crippen LogP contribution in [0.5, 0.6) is 0 Å². The normalized spacial score (nSPS) is 23.9. The maximum absolute atomic E-state index is 12.2. The largest absolute Gasteiger partial charge is 0.469 e.